The third kappa shape index (κ3) is 59.0. The molecule has 422 valence electrons. The van der Waals surface area contributed by atoms with Crippen molar-refractivity contribution >= 4 is 17.9 Å². The molecule has 0 aliphatic carbocycles. The van der Waals surface area contributed by atoms with Gasteiger partial charge in [-0.1, -0.05) is 252 Å². The molecule has 6 nitrogen and oxygen atoms in total. The maximum Gasteiger partial charge on any atom is 0.306 e. The molecule has 1 atom stereocenters. The van der Waals surface area contributed by atoms with E-state index in [2.05, 4.69) is 130 Å². The lowest BCUT2D eigenvalue weighted by molar-refractivity contribution is -0.167. The van der Waals surface area contributed by atoms with E-state index in [4.69, 9.17) is 14.2 Å². The Labute approximate surface area is 457 Å². The Morgan fingerprint density at radius 3 is 0.892 bits per heavy atom. The lowest BCUT2D eigenvalue weighted by Crippen LogP contribution is -2.30. The van der Waals surface area contributed by atoms with Gasteiger partial charge in [-0.05, 0) is 122 Å². The first-order chi connectivity index (χ1) is 36.5. The Kier molecular flexibility index (Phi) is 58.3. The standard InChI is InChI=1S/C68H114O6/c1-4-7-10-13-16-19-22-25-28-29-30-31-32-33-34-35-36-37-38-39-41-43-46-49-52-55-58-61-67(70)73-64-65(63-72-66(69)60-57-54-51-48-45-42-27-24-21-18-15-12-9-6-3)74-68(71)62-59-56-53-50-47-44-40-26-23-20-17-14-11-8-5-2/h8,11,15,17-18,20,22,24-27,29-30,32-33,40,47,50,65H,4-7,9-10,12-14,16,19,21,23,28,31,34-39,41-46,48-49,51-64H2,1-3H3/b11-8-,18-15-,20-17-,25-22-,27-24-,30-29-,33-32-,40-26-,50-47-. The fourth-order valence-corrected chi connectivity index (χ4v) is 8.34. The van der Waals surface area contributed by atoms with Crippen LogP contribution in [0.1, 0.15) is 284 Å². The number of unbranched alkanes of at least 4 members (excludes halogenated alkanes) is 26. The maximum absolute atomic E-state index is 12.8. The average Bonchev–Trinajstić information content (AvgIpc) is 3.40. The van der Waals surface area contributed by atoms with E-state index in [9.17, 15) is 14.4 Å². The van der Waals surface area contributed by atoms with E-state index >= 15 is 0 Å². The summed E-state index contributed by atoms with van der Waals surface area (Å²) in [6, 6.07) is 0. The molecule has 0 aliphatic rings. The minimum atomic E-state index is -0.809. The van der Waals surface area contributed by atoms with Crippen LogP contribution in [0.5, 0.6) is 0 Å². The fraction of sp³-hybridized carbons (Fsp3) is 0.691. The summed E-state index contributed by atoms with van der Waals surface area (Å²) >= 11 is 0. The summed E-state index contributed by atoms with van der Waals surface area (Å²) < 4.78 is 16.8. The number of carbonyl (C=O) groups is 3. The van der Waals surface area contributed by atoms with E-state index in [0.717, 1.165) is 116 Å². The molecule has 0 saturated carbocycles. The molecule has 0 aromatic carbocycles. The SMILES string of the molecule is CC/C=C\C/C=C\C/C=C\C/C=C\CCCCC(=O)OC(COC(=O)CCCCCCC/C=C\C/C=C\CCCC)COC(=O)CCCCCCCCCCCCCC/C=C\C/C=C\C/C=C\CCCCCCC. The molecule has 0 amide bonds. The van der Waals surface area contributed by atoms with E-state index in [1.165, 1.54) is 122 Å². The topological polar surface area (TPSA) is 78.9 Å². The normalized spacial score (nSPS) is 12.9. The quantitative estimate of drug-likeness (QED) is 0.0261. The van der Waals surface area contributed by atoms with Crippen LogP contribution in [0, 0.1) is 0 Å². The molecule has 0 aromatic rings. The summed E-state index contributed by atoms with van der Waals surface area (Å²) in [6.45, 7) is 6.43. The zero-order valence-corrected chi connectivity index (χ0v) is 48.3. The summed E-state index contributed by atoms with van der Waals surface area (Å²) in [5, 5.41) is 0. The third-order valence-corrected chi connectivity index (χ3v) is 13.0. The first-order valence-electron chi connectivity index (χ1n) is 30.9. The Morgan fingerprint density at radius 1 is 0.284 bits per heavy atom. The van der Waals surface area contributed by atoms with Crippen molar-refractivity contribution in [3.63, 3.8) is 0 Å². The van der Waals surface area contributed by atoms with Gasteiger partial charge in [0.05, 0.1) is 0 Å². The highest BCUT2D eigenvalue weighted by Crippen LogP contribution is 2.15. The second-order valence-electron chi connectivity index (χ2n) is 20.2. The highest BCUT2D eigenvalue weighted by Gasteiger charge is 2.19. The summed E-state index contributed by atoms with van der Waals surface area (Å²) in [5.41, 5.74) is 0. The largest absolute Gasteiger partial charge is 0.462 e. The number of hydrogen-bond acceptors (Lipinski definition) is 6. The fourth-order valence-electron chi connectivity index (χ4n) is 8.34. The van der Waals surface area contributed by atoms with Gasteiger partial charge in [0.2, 0.25) is 0 Å². The number of esters is 3. The molecule has 74 heavy (non-hydrogen) atoms. The van der Waals surface area contributed by atoms with Crippen molar-refractivity contribution in [2.75, 3.05) is 13.2 Å². The second kappa shape index (κ2) is 61.6. The lowest BCUT2D eigenvalue weighted by atomic mass is 10.0. The number of hydrogen-bond donors (Lipinski definition) is 0. The predicted octanol–water partition coefficient (Wildman–Crippen LogP) is 21.0. The van der Waals surface area contributed by atoms with Gasteiger partial charge in [-0.25, -0.2) is 0 Å². The molecule has 6 heteroatoms. The van der Waals surface area contributed by atoms with Crippen molar-refractivity contribution in [3.8, 4) is 0 Å². The van der Waals surface area contributed by atoms with Gasteiger partial charge >= 0.3 is 17.9 Å². The third-order valence-electron chi connectivity index (χ3n) is 13.0. The minimum absolute atomic E-state index is 0.101. The molecular formula is C68H114O6. The first-order valence-corrected chi connectivity index (χ1v) is 30.9. The van der Waals surface area contributed by atoms with Gasteiger partial charge in [0.25, 0.3) is 0 Å². The summed E-state index contributed by atoms with van der Waals surface area (Å²) in [4.78, 5) is 38.2. The molecule has 0 aliphatic heterocycles. The van der Waals surface area contributed by atoms with Crippen molar-refractivity contribution in [3.05, 3.63) is 109 Å². The molecule has 0 N–H and O–H groups in total. The van der Waals surface area contributed by atoms with Crippen LogP contribution in [0.25, 0.3) is 0 Å². The van der Waals surface area contributed by atoms with Gasteiger partial charge in [0, 0.05) is 19.3 Å². The molecule has 1 unspecified atom stereocenters. The summed E-state index contributed by atoms with van der Waals surface area (Å²) in [5.74, 6) is -0.956. The zero-order valence-electron chi connectivity index (χ0n) is 48.3. The van der Waals surface area contributed by atoms with Crippen LogP contribution in [0.15, 0.2) is 109 Å². The smallest absolute Gasteiger partial charge is 0.306 e. The Bertz CT molecular complexity index is 1510. The summed E-state index contributed by atoms with van der Waals surface area (Å²) in [6.07, 6.45) is 83.8. The molecule has 0 fully saturated rings. The highest BCUT2D eigenvalue weighted by molar-refractivity contribution is 5.71. The van der Waals surface area contributed by atoms with E-state index < -0.39 is 6.10 Å². The maximum atomic E-state index is 12.8. The molecule has 0 heterocycles. The van der Waals surface area contributed by atoms with Gasteiger partial charge in [0.15, 0.2) is 6.10 Å². The first kappa shape index (κ1) is 70.1. The van der Waals surface area contributed by atoms with Gasteiger partial charge in [-0.3, -0.25) is 14.4 Å². The van der Waals surface area contributed by atoms with Crippen LogP contribution in [-0.2, 0) is 28.6 Å². The van der Waals surface area contributed by atoms with Crippen LogP contribution in [0.3, 0.4) is 0 Å². The number of ether oxygens (including phenoxy) is 3. The van der Waals surface area contributed by atoms with Crippen LogP contribution < -0.4 is 0 Å². The van der Waals surface area contributed by atoms with Crippen molar-refractivity contribution in [1.82, 2.24) is 0 Å². The van der Waals surface area contributed by atoms with Gasteiger partial charge in [-0.2, -0.15) is 0 Å². The van der Waals surface area contributed by atoms with Gasteiger partial charge in [0.1, 0.15) is 13.2 Å². The van der Waals surface area contributed by atoms with Crippen LogP contribution in [0.2, 0.25) is 0 Å². The Morgan fingerprint density at radius 2 is 0.541 bits per heavy atom. The van der Waals surface area contributed by atoms with E-state index in [1.54, 1.807) is 0 Å². The average molecular weight is 1030 g/mol. The van der Waals surface area contributed by atoms with Gasteiger partial charge in [-0.15, -0.1) is 0 Å². The van der Waals surface area contributed by atoms with E-state index in [1.807, 2.05) is 0 Å². The Hall–Kier alpha value is -3.93. The molecule has 0 spiro atoms. The van der Waals surface area contributed by atoms with Crippen LogP contribution in [-0.4, -0.2) is 37.2 Å². The number of rotatable bonds is 55. The van der Waals surface area contributed by atoms with Crippen molar-refractivity contribution < 1.29 is 28.6 Å². The van der Waals surface area contributed by atoms with Crippen molar-refractivity contribution in [1.29, 1.82) is 0 Å². The van der Waals surface area contributed by atoms with Crippen molar-refractivity contribution in [2.45, 2.75) is 290 Å². The molecule has 0 rings (SSSR count). The molecular weight excluding hydrogens is 913 g/mol. The minimum Gasteiger partial charge on any atom is -0.462 e. The van der Waals surface area contributed by atoms with Crippen molar-refractivity contribution in [2.24, 2.45) is 0 Å². The Balaban J connectivity index is 4.33. The second-order valence-corrected chi connectivity index (χ2v) is 20.2. The molecule has 0 radical (unpaired) electrons. The van der Waals surface area contributed by atoms with E-state index in [-0.39, 0.29) is 37.5 Å². The van der Waals surface area contributed by atoms with E-state index in [0.29, 0.717) is 19.3 Å². The van der Waals surface area contributed by atoms with Crippen LogP contribution >= 0.6 is 0 Å². The molecule has 0 saturated heterocycles. The zero-order chi connectivity index (χ0) is 53.6. The number of allylic oxidation sites excluding steroid dienone is 18. The summed E-state index contributed by atoms with van der Waals surface area (Å²) in [7, 11) is 0. The number of carbonyl (C=O) groups excluding carboxylic acids is 3. The lowest BCUT2D eigenvalue weighted by Gasteiger charge is -2.18. The molecule has 0 bridgehead atoms. The highest BCUT2D eigenvalue weighted by atomic mass is 16.6. The molecule has 0 aromatic heterocycles. The predicted molar refractivity (Wildman–Crippen MR) is 320 cm³/mol. The monoisotopic (exact) mass is 1030 g/mol. The van der Waals surface area contributed by atoms with Crippen LogP contribution in [0.4, 0.5) is 0 Å². The van der Waals surface area contributed by atoms with Gasteiger partial charge < -0.3 is 14.2 Å².